The first-order chi connectivity index (χ1) is 6.32. The molecule has 0 aromatic carbocycles. The number of pyridine rings is 1. The molecular weight excluding hydrogens is 267 g/mol. The van der Waals surface area contributed by atoms with E-state index in [1.54, 1.807) is 0 Å². The van der Waals surface area contributed by atoms with Gasteiger partial charge in [-0.05, 0) is 22.0 Å². The number of carboxylic acids is 1. The van der Waals surface area contributed by atoms with Gasteiger partial charge in [-0.25, -0.2) is 9.78 Å². The largest absolute Gasteiger partial charge is 0.478 e. The maximum Gasteiger partial charge on any atom is 0.417 e. The second kappa shape index (κ2) is 3.56. The van der Waals surface area contributed by atoms with Crippen molar-refractivity contribution in [3.8, 4) is 0 Å². The number of alkyl halides is 3. The van der Waals surface area contributed by atoms with Crippen molar-refractivity contribution in [3.63, 3.8) is 0 Å². The summed E-state index contributed by atoms with van der Waals surface area (Å²) in [5, 5.41) is 8.52. The fourth-order valence-electron chi connectivity index (χ4n) is 0.753. The molecule has 0 aliphatic heterocycles. The second-order valence-corrected chi connectivity index (χ2v) is 3.12. The highest BCUT2D eigenvalue weighted by Gasteiger charge is 2.32. The smallest absolute Gasteiger partial charge is 0.417 e. The van der Waals surface area contributed by atoms with Crippen LogP contribution < -0.4 is 0 Å². The van der Waals surface area contributed by atoms with Gasteiger partial charge in [0.1, 0.15) is 4.60 Å². The van der Waals surface area contributed by atoms with Gasteiger partial charge in [-0.1, -0.05) is 0 Å². The Morgan fingerprint density at radius 3 is 2.50 bits per heavy atom. The van der Waals surface area contributed by atoms with Crippen molar-refractivity contribution < 1.29 is 23.1 Å². The number of halogens is 4. The van der Waals surface area contributed by atoms with E-state index in [-0.39, 0.29) is 4.60 Å². The summed E-state index contributed by atoms with van der Waals surface area (Å²) in [4.78, 5) is 13.7. The molecule has 0 aliphatic rings. The van der Waals surface area contributed by atoms with Gasteiger partial charge in [-0.15, -0.1) is 0 Å². The number of carbonyl (C=O) groups is 1. The minimum Gasteiger partial charge on any atom is -0.478 e. The van der Waals surface area contributed by atoms with E-state index in [2.05, 4.69) is 20.9 Å². The molecule has 0 radical (unpaired) electrons. The normalized spacial score (nSPS) is 11.4. The molecule has 0 saturated heterocycles. The molecule has 0 atom stereocenters. The third kappa shape index (κ3) is 2.22. The molecule has 3 nitrogen and oxygen atoms in total. The van der Waals surface area contributed by atoms with E-state index in [1.807, 2.05) is 0 Å². The van der Waals surface area contributed by atoms with Crippen LogP contribution >= 0.6 is 15.9 Å². The molecule has 1 heterocycles. The molecular formula is C7H3BrF3NO2. The predicted octanol–water partition coefficient (Wildman–Crippen LogP) is 2.56. The van der Waals surface area contributed by atoms with E-state index in [0.717, 1.165) is 0 Å². The van der Waals surface area contributed by atoms with Crippen molar-refractivity contribution in [2.75, 3.05) is 0 Å². The minimum atomic E-state index is -4.59. The van der Waals surface area contributed by atoms with Gasteiger partial charge in [0.15, 0.2) is 0 Å². The summed E-state index contributed by atoms with van der Waals surface area (Å²) in [5.41, 5.74) is -1.60. The van der Waals surface area contributed by atoms with Crippen molar-refractivity contribution in [3.05, 3.63) is 28.0 Å². The van der Waals surface area contributed by atoms with Crippen LogP contribution in [0.3, 0.4) is 0 Å². The minimum absolute atomic E-state index is 0.127. The predicted molar refractivity (Wildman–Crippen MR) is 43.9 cm³/mol. The number of hydrogen-bond acceptors (Lipinski definition) is 2. The van der Waals surface area contributed by atoms with Crippen LogP contribution in [-0.2, 0) is 6.18 Å². The molecule has 1 rings (SSSR count). The zero-order valence-electron chi connectivity index (χ0n) is 6.47. The Bertz CT molecular complexity index is 378. The third-order valence-electron chi connectivity index (χ3n) is 1.40. The van der Waals surface area contributed by atoms with Crippen LogP contribution in [0, 0.1) is 0 Å². The Kier molecular flexibility index (Phi) is 2.79. The fraction of sp³-hybridized carbons (Fsp3) is 0.143. The highest BCUT2D eigenvalue weighted by Crippen LogP contribution is 2.30. The summed E-state index contributed by atoms with van der Waals surface area (Å²) in [6, 6.07) is 0.527. The van der Waals surface area contributed by atoms with Crippen LogP contribution in [0.4, 0.5) is 13.2 Å². The highest BCUT2D eigenvalue weighted by molar-refractivity contribution is 9.10. The van der Waals surface area contributed by atoms with Gasteiger partial charge in [0, 0.05) is 6.20 Å². The Balaban J connectivity index is 3.27. The zero-order valence-corrected chi connectivity index (χ0v) is 8.06. The molecule has 0 aliphatic carbocycles. The Morgan fingerprint density at radius 2 is 2.07 bits per heavy atom. The summed E-state index contributed by atoms with van der Waals surface area (Å²) < 4.78 is 36.2. The molecule has 0 spiro atoms. The monoisotopic (exact) mass is 269 g/mol. The quantitative estimate of drug-likeness (QED) is 0.798. The molecule has 76 valence electrons. The van der Waals surface area contributed by atoms with E-state index < -0.39 is 23.3 Å². The van der Waals surface area contributed by atoms with E-state index in [4.69, 9.17) is 5.11 Å². The lowest BCUT2D eigenvalue weighted by atomic mass is 10.2. The number of carboxylic acid groups (broad SMARTS) is 1. The van der Waals surface area contributed by atoms with Gasteiger partial charge in [0.05, 0.1) is 11.1 Å². The summed E-state index contributed by atoms with van der Waals surface area (Å²) in [6.45, 7) is 0. The van der Waals surface area contributed by atoms with Gasteiger partial charge < -0.3 is 5.11 Å². The number of nitrogens with zero attached hydrogens (tertiary/aromatic N) is 1. The first-order valence-electron chi connectivity index (χ1n) is 3.28. The van der Waals surface area contributed by atoms with Gasteiger partial charge in [0.2, 0.25) is 0 Å². The molecule has 0 saturated carbocycles. The van der Waals surface area contributed by atoms with Crippen LogP contribution in [0.25, 0.3) is 0 Å². The molecule has 0 amide bonds. The maximum atomic E-state index is 12.1. The summed E-state index contributed by atoms with van der Waals surface area (Å²) in [5.74, 6) is -1.46. The summed E-state index contributed by atoms with van der Waals surface area (Å²) in [7, 11) is 0. The average Bonchev–Trinajstić information content (AvgIpc) is 2.02. The SMILES string of the molecule is O=C(O)c1cc(C(F)(F)F)cnc1Br. The first kappa shape index (κ1) is 11.0. The highest BCUT2D eigenvalue weighted by atomic mass is 79.9. The van der Waals surface area contributed by atoms with Gasteiger partial charge in [-0.2, -0.15) is 13.2 Å². The molecule has 0 fully saturated rings. The molecule has 1 N–H and O–H groups in total. The number of hydrogen-bond donors (Lipinski definition) is 1. The molecule has 7 heteroatoms. The maximum absolute atomic E-state index is 12.1. The fourth-order valence-corrected chi connectivity index (χ4v) is 1.14. The Morgan fingerprint density at radius 1 is 1.50 bits per heavy atom. The van der Waals surface area contributed by atoms with Gasteiger partial charge in [-0.3, -0.25) is 0 Å². The molecule has 0 unspecified atom stereocenters. The topological polar surface area (TPSA) is 50.2 Å². The Hall–Kier alpha value is -1.11. The van der Waals surface area contributed by atoms with Crippen molar-refractivity contribution >= 4 is 21.9 Å². The Labute approximate surface area is 84.7 Å². The van der Waals surface area contributed by atoms with Gasteiger partial charge >= 0.3 is 12.1 Å². The van der Waals surface area contributed by atoms with Crippen LogP contribution in [-0.4, -0.2) is 16.1 Å². The van der Waals surface area contributed by atoms with E-state index in [0.29, 0.717) is 12.3 Å². The molecule has 1 aromatic rings. The van der Waals surface area contributed by atoms with Gasteiger partial charge in [0.25, 0.3) is 0 Å². The molecule has 14 heavy (non-hydrogen) atoms. The van der Waals surface area contributed by atoms with Crippen LogP contribution in [0.15, 0.2) is 16.9 Å². The lowest BCUT2D eigenvalue weighted by Gasteiger charge is -2.07. The number of aromatic carboxylic acids is 1. The summed E-state index contributed by atoms with van der Waals surface area (Å²) >= 11 is 2.74. The van der Waals surface area contributed by atoms with Crippen molar-refractivity contribution in [1.29, 1.82) is 0 Å². The van der Waals surface area contributed by atoms with E-state index >= 15 is 0 Å². The number of aromatic nitrogens is 1. The standard InChI is InChI=1S/C7H3BrF3NO2/c8-5-4(6(13)14)1-3(2-12-5)7(9,10)11/h1-2H,(H,13,14). The van der Waals surface area contributed by atoms with E-state index in [1.165, 1.54) is 0 Å². The second-order valence-electron chi connectivity index (χ2n) is 2.37. The first-order valence-corrected chi connectivity index (χ1v) is 4.07. The lowest BCUT2D eigenvalue weighted by molar-refractivity contribution is -0.137. The average molecular weight is 270 g/mol. The zero-order chi connectivity index (χ0) is 10.9. The molecule has 1 aromatic heterocycles. The van der Waals surface area contributed by atoms with Crippen LogP contribution in [0.2, 0.25) is 0 Å². The van der Waals surface area contributed by atoms with Crippen molar-refractivity contribution in [2.45, 2.75) is 6.18 Å². The van der Waals surface area contributed by atoms with Crippen LogP contribution in [0.1, 0.15) is 15.9 Å². The van der Waals surface area contributed by atoms with Crippen molar-refractivity contribution in [2.24, 2.45) is 0 Å². The van der Waals surface area contributed by atoms with Crippen molar-refractivity contribution in [1.82, 2.24) is 4.98 Å². The third-order valence-corrected chi connectivity index (χ3v) is 2.03. The van der Waals surface area contributed by atoms with Crippen LogP contribution in [0.5, 0.6) is 0 Å². The number of rotatable bonds is 1. The lowest BCUT2D eigenvalue weighted by Crippen LogP contribution is -2.09. The van der Waals surface area contributed by atoms with E-state index in [9.17, 15) is 18.0 Å². The molecule has 0 bridgehead atoms. The summed E-state index contributed by atoms with van der Waals surface area (Å²) in [6.07, 6.45) is -4.02.